The van der Waals surface area contributed by atoms with Gasteiger partial charge in [0.25, 0.3) is 5.91 Å². The zero-order valence-corrected chi connectivity index (χ0v) is 14.9. The minimum Gasteiger partial charge on any atom is -0.459 e. The first-order chi connectivity index (χ1) is 11.4. The number of amides is 1. The summed E-state index contributed by atoms with van der Waals surface area (Å²) in [6.45, 7) is 3.41. The highest BCUT2D eigenvalue weighted by Gasteiger charge is 2.11. The van der Waals surface area contributed by atoms with E-state index < -0.39 is 11.8 Å². The molecule has 0 radical (unpaired) electrons. The largest absolute Gasteiger partial charge is 0.459 e. The summed E-state index contributed by atoms with van der Waals surface area (Å²) in [5.74, 6) is -1.45. The molecule has 0 aliphatic carbocycles. The summed E-state index contributed by atoms with van der Waals surface area (Å²) in [7, 11) is 0. The number of rotatable bonds is 5. The predicted octanol–water partition coefficient (Wildman–Crippen LogP) is 3.68. The Kier molecular flexibility index (Phi) is 6.09. The number of carbonyl (C=O) groups is 2. The topological polar surface area (TPSA) is 55.4 Å². The fraction of sp³-hybridized carbons (Fsp3) is 0.222. The Balaban J connectivity index is 1.84. The van der Waals surface area contributed by atoms with E-state index in [0.29, 0.717) is 10.0 Å². The quantitative estimate of drug-likeness (QED) is 0.788. The highest BCUT2D eigenvalue weighted by Crippen LogP contribution is 2.16. The summed E-state index contributed by atoms with van der Waals surface area (Å²) >= 11 is 3.15. The molecule has 2 rings (SSSR count). The maximum atomic E-state index is 13.6. The first-order valence-electron chi connectivity index (χ1n) is 7.32. The molecule has 0 aromatic heterocycles. The lowest BCUT2D eigenvalue weighted by Crippen LogP contribution is -2.30. The Hall–Kier alpha value is -2.21. The number of aryl methyl sites for hydroxylation is 2. The molecule has 0 atom stereocenters. The molecule has 0 unspecified atom stereocenters. The second kappa shape index (κ2) is 8.06. The molecule has 126 valence electrons. The summed E-state index contributed by atoms with van der Waals surface area (Å²) in [5.41, 5.74) is 2.83. The van der Waals surface area contributed by atoms with Gasteiger partial charge in [0.1, 0.15) is 19.0 Å². The van der Waals surface area contributed by atoms with Crippen LogP contribution in [0.25, 0.3) is 0 Å². The molecule has 1 amide bonds. The van der Waals surface area contributed by atoms with Crippen molar-refractivity contribution in [2.24, 2.45) is 0 Å². The van der Waals surface area contributed by atoms with E-state index in [9.17, 15) is 14.0 Å². The van der Waals surface area contributed by atoms with Crippen LogP contribution >= 0.6 is 15.9 Å². The fourth-order valence-corrected chi connectivity index (χ4v) is 2.32. The monoisotopic (exact) mass is 393 g/mol. The second-order valence-electron chi connectivity index (χ2n) is 5.38. The highest BCUT2D eigenvalue weighted by atomic mass is 79.9. The van der Waals surface area contributed by atoms with E-state index >= 15 is 0 Å². The average molecular weight is 394 g/mol. The van der Waals surface area contributed by atoms with Gasteiger partial charge >= 0.3 is 5.97 Å². The van der Waals surface area contributed by atoms with Crippen LogP contribution < -0.4 is 5.32 Å². The van der Waals surface area contributed by atoms with Crippen LogP contribution in [0, 0.1) is 19.7 Å². The van der Waals surface area contributed by atoms with Gasteiger partial charge in [0.05, 0.1) is 0 Å². The third-order valence-electron chi connectivity index (χ3n) is 3.57. The fourth-order valence-electron chi connectivity index (χ4n) is 1.99. The summed E-state index contributed by atoms with van der Waals surface area (Å²) < 4.78 is 19.2. The van der Waals surface area contributed by atoms with Gasteiger partial charge in [0.15, 0.2) is 0 Å². The maximum absolute atomic E-state index is 13.6. The predicted molar refractivity (Wildman–Crippen MR) is 92.1 cm³/mol. The number of halogens is 2. The minimum atomic E-state index is -0.630. The number of esters is 1. The van der Waals surface area contributed by atoms with E-state index in [1.165, 1.54) is 12.1 Å². The summed E-state index contributed by atoms with van der Waals surface area (Å²) in [6.07, 6.45) is 0. The van der Waals surface area contributed by atoms with E-state index in [2.05, 4.69) is 21.2 Å². The van der Waals surface area contributed by atoms with Crippen molar-refractivity contribution in [3.63, 3.8) is 0 Å². The molecular weight excluding hydrogens is 377 g/mol. The summed E-state index contributed by atoms with van der Waals surface area (Å²) in [5, 5.41) is 2.49. The van der Waals surface area contributed by atoms with Crippen LogP contribution in [0.4, 0.5) is 4.39 Å². The Morgan fingerprint density at radius 2 is 1.88 bits per heavy atom. The average Bonchev–Trinajstić information content (AvgIpc) is 2.54. The van der Waals surface area contributed by atoms with Gasteiger partial charge in [-0.15, -0.1) is 0 Å². The molecule has 1 N–H and O–H groups in total. The van der Waals surface area contributed by atoms with E-state index in [1.54, 1.807) is 18.2 Å². The van der Waals surface area contributed by atoms with Crippen molar-refractivity contribution in [3.05, 3.63) is 68.9 Å². The third kappa shape index (κ3) is 4.89. The Labute approximate surface area is 148 Å². The number of nitrogens with one attached hydrogen (secondary N) is 1. The second-order valence-corrected chi connectivity index (χ2v) is 6.29. The lowest BCUT2D eigenvalue weighted by molar-refractivity contribution is -0.143. The molecule has 0 saturated carbocycles. The van der Waals surface area contributed by atoms with Crippen LogP contribution in [-0.4, -0.2) is 18.4 Å². The molecule has 0 heterocycles. The van der Waals surface area contributed by atoms with Crippen LogP contribution in [0.5, 0.6) is 0 Å². The van der Waals surface area contributed by atoms with Gasteiger partial charge < -0.3 is 10.1 Å². The van der Waals surface area contributed by atoms with Gasteiger partial charge in [-0.25, -0.2) is 4.39 Å². The van der Waals surface area contributed by atoms with Crippen LogP contribution in [0.2, 0.25) is 0 Å². The standard InChI is InChI=1S/C18H17BrFNO3/c1-11-3-4-13(7-12(11)2)18(23)21-9-17(22)24-10-14-5-6-15(19)8-16(14)20/h3-8H,9-10H2,1-2H3,(H,21,23). The van der Waals surface area contributed by atoms with Crippen molar-refractivity contribution >= 4 is 27.8 Å². The number of hydrogen-bond donors (Lipinski definition) is 1. The van der Waals surface area contributed by atoms with Crippen LogP contribution in [0.1, 0.15) is 27.0 Å². The molecule has 2 aromatic carbocycles. The molecule has 0 bridgehead atoms. The molecule has 6 heteroatoms. The van der Waals surface area contributed by atoms with Crippen molar-refractivity contribution in [3.8, 4) is 0 Å². The van der Waals surface area contributed by atoms with Crippen LogP contribution in [-0.2, 0) is 16.1 Å². The number of ether oxygens (including phenoxy) is 1. The third-order valence-corrected chi connectivity index (χ3v) is 4.06. The van der Waals surface area contributed by atoms with Crippen molar-refractivity contribution in [2.75, 3.05) is 6.54 Å². The zero-order chi connectivity index (χ0) is 17.7. The lowest BCUT2D eigenvalue weighted by atomic mass is 10.1. The molecule has 2 aromatic rings. The lowest BCUT2D eigenvalue weighted by Gasteiger charge is -2.08. The normalized spacial score (nSPS) is 10.3. The van der Waals surface area contributed by atoms with Gasteiger partial charge in [-0.1, -0.05) is 28.1 Å². The maximum Gasteiger partial charge on any atom is 0.325 e. The zero-order valence-electron chi connectivity index (χ0n) is 13.4. The molecule has 0 aliphatic rings. The Morgan fingerprint density at radius 3 is 2.54 bits per heavy atom. The van der Waals surface area contributed by atoms with Gasteiger partial charge in [-0.2, -0.15) is 0 Å². The first-order valence-corrected chi connectivity index (χ1v) is 8.11. The SMILES string of the molecule is Cc1ccc(C(=O)NCC(=O)OCc2ccc(Br)cc2F)cc1C. The van der Waals surface area contributed by atoms with Gasteiger partial charge in [0.2, 0.25) is 0 Å². The molecular formula is C18H17BrFNO3. The van der Waals surface area contributed by atoms with Crippen molar-refractivity contribution in [1.29, 1.82) is 0 Å². The summed E-state index contributed by atoms with van der Waals surface area (Å²) in [6, 6.07) is 9.78. The van der Waals surface area contributed by atoms with Gasteiger partial charge in [0, 0.05) is 15.6 Å². The number of carbonyl (C=O) groups excluding carboxylic acids is 2. The van der Waals surface area contributed by atoms with Gasteiger partial charge in [-0.3, -0.25) is 9.59 Å². The van der Waals surface area contributed by atoms with E-state index in [1.807, 2.05) is 19.9 Å². The highest BCUT2D eigenvalue weighted by molar-refractivity contribution is 9.10. The number of benzene rings is 2. The number of hydrogen-bond acceptors (Lipinski definition) is 3. The van der Waals surface area contributed by atoms with E-state index in [0.717, 1.165) is 11.1 Å². The summed E-state index contributed by atoms with van der Waals surface area (Å²) in [4.78, 5) is 23.7. The van der Waals surface area contributed by atoms with Crippen LogP contribution in [0.15, 0.2) is 40.9 Å². The van der Waals surface area contributed by atoms with E-state index in [4.69, 9.17) is 4.74 Å². The van der Waals surface area contributed by atoms with Crippen molar-refractivity contribution in [2.45, 2.75) is 20.5 Å². The van der Waals surface area contributed by atoms with E-state index in [-0.39, 0.29) is 24.6 Å². The Morgan fingerprint density at radius 1 is 1.12 bits per heavy atom. The van der Waals surface area contributed by atoms with Gasteiger partial charge in [-0.05, 0) is 49.2 Å². The van der Waals surface area contributed by atoms with Crippen molar-refractivity contribution in [1.82, 2.24) is 5.32 Å². The van der Waals surface area contributed by atoms with Crippen LogP contribution in [0.3, 0.4) is 0 Å². The molecule has 0 spiro atoms. The first kappa shape index (κ1) is 18.1. The molecule has 0 saturated heterocycles. The molecule has 0 aliphatic heterocycles. The molecule has 4 nitrogen and oxygen atoms in total. The smallest absolute Gasteiger partial charge is 0.325 e. The minimum absolute atomic E-state index is 0.183. The Bertz CT molecular complexity index is 777. The van der Waals surface area contributed by atoms with Crippen molar-refractivity contribution < 1.29 is 18.7 Å². The molecule has 0 fully saturated rings. The molecule has 24 heavy (non-hydrogen) atoms.